The normalized spacial score (nSPS) is 12.6. The van der Waals surface area contributed by atoms with E-state index in [1.165, 1.54) is 0 Å². The third-order valence-electron chi connectivity index (χ3n) is 1.75. The highest BCUT2D eigenvalue weighted by Gasteiger charge is 2.22. The number of hydrogen-bond donors (Lipinski definition) is 0. The highest BCUT2D eigenvalue weighted by molar-refractivity contribution is 9.14. The van der Waals surface area contributed by atoms with E-state index in [1.54, 1.807) is 18.5 Å². The lowest BCUT2D eigenvalue weighted by atomic mass is 10.3. The van der Waals surface area contributed by atoms with Gasteiger partial charge in [-0.25, -0.2) is 9.48 Å². The Morgan fingerprint density at radius 1 is 1.53 bits per heavy atom. The van der Waals surface area contributed by atoms with Crippen LogP contribution >= 0.6 is 47.8 Å². The zero-order valence-electron chi connectivity index (χ0n) is 8.13. The minimum absolute atomic E-state index is 0.305. The molecule has 4 nitrogen and oxygen atoms in total. The molecule has 1 rings (SSSR count). The second-order valence-electron chi connectivity index (χ2n) is 2.77. The van der Waals surface area contributed by atoms with Gasteiger partial charge in [-0.3, -0.25) is 0 Å². The van der Waals surface area contributed by atoms with Crippen LogP contribution in [0.5, 0.6) is 0 Å². The van der Waals surface area contributed by atoms with E-state index in [1.807, 2.05) is 0 Å². The van der Waals surface area contributed by atoms with Crippen LogP contribution in [0.25, 0.3) is 0 Å². The van der Waals surface area contributed by atoms with Crippen LogP contribution in [-0.2, 0) is 9.53 Å². The number of carbonyl (C=O) groups is 1. The van der Waals surface area contributed by atoms with Crippen LogP contribution in [0.1, 0.15) is 19.9 Å². The van der Waals surface area contributed by atoms with Crippen molar-refractivity contribution in [2.75, 3.05) is 6.61 Å². The minimum atomic E-state index is -0.457. The average Bonchev–Trinajstić information content (AvgIpc) is 2.45. The zero-order chi connectivity index (χ0) is 11.6. The topological polar surface area (TPSA) is 44.1 Å². The smallest absolute Gasteiger partial charge is 0.330 e. The van der Waals surface area contributed by atoms with Crippen molar-refractivity contribution in [2.45, 2.75) is 19.9 Å². The number of nitrogens with zero attached hydrogens (tertiary/aromatic N) is 2. The SMILES string of the molecule is CCOC(=O)[C@H](C)n1nc(Br)c(Br)c1Br. The summed E-state index contributed by atoms with van der Waals surface area (Å²) in [6.45, 7) is 3.87. The summed E-state index contributed by atoms with van der Waals surface area (Å²) >= 11 is 9.93. The van der Waals surface area contributed by atoms with E-state index >= 15 is 0 Å². The lowest BCUT2D eigenvalue weighted by Crippen LogP contribution is -2.20. The Hall–Kier alpha value is 0.120. The Morgan fingerprint density at radius 3 is 2.53 bits per heavy atom. The van der Waals surface area contributed by atoms with Gasteiger partial charge in [-0.05, 0) is 61.6 Å². The van der Waals surface area contributed by atoms with Crippen molar-refractivity contribution in [1.29, 1.82) is 0 Å². The van der Waals surface area contributed by atoms with Crippen molar-refractivity contribution < 1.29 is 9.53 Å². The van der Waals surface area contributed by atoms with Gasteiger partial charge in [0.2, 0.25) is 0 Å². The third-order valence-corrected chi connectivity index (χ3v) is 4.88. The maximum absolute atomic E-state index is 11.5. The Balaban J connectivity index is 2.96. The van der Waals surface area contributed by atoms with E-state index in [4.69, 9.17) is 4.74 Å². The molecule has 0 amide bonds. The Labute approximate surface area is 113 Å². The van der Waals surface area contributed by atoms with Crippen LogP contribution < -0.4 is 0 Å². The van der Waals surface area contributed by atoms with Crippen molar-refractivity contribution in [1.82, 2.24) is 9.78 Å². The molecule has 0 radical (unpaired) electrons. The van der Waals surface area contributed by atoms with Crippen molar-refractivity contribution in [3.05, 3.63) is 13.7 Å². The second kappa shape index (κ2) is 5.45. The molecule has 1 aromatic heterocycles. The summed E-state index contributed by atoms with van der Waals surface area (Å²) in [4.78, 5) is 11.5. The monoisotopic (exact) mass is 402 g/mol. The van der Waals surface area contributed by atoms with Gasteiger partial charge in [-0.1, -0.05) is 0 Å². The number of esters is 1. The molecule has 0 aliphatic carbocycles. The first-order valence-corrected chi connectivity index (χ1v) is 6.62. The maximum atomic E-state index is 11.5. The molecule has 0 saturated heterocycles. The van der Waals surface area contributed by atoms with Crippen LogP contribution in [0.4, 0.5) is 0 Å². The first-order valence-electron chi connectivity index (χ1n) is 4.24. The van der Waals surface area contributed by atoms with E-state index in [0.29, 0.717) is 15.8 Å². The quantitative estimate of drug-likeness (QED) is 0.726. The lowest BCUT2D eigenvalue weighted by molar-refractivity contribution is -0.146. The standard InChI is InChI=1S/C8H9Br3N2O2/c1-3-15-8(14)4(2)13-7(11)5(9)6(10)12-13/h4H,3H2,1-2H3/t4-/m0/s1. The molecule has 0 saturated carbocycles. The molecule has 1 heterocycles. The van der Waals surface area contributed by atoms with Crippen molar-refractivity contribution in [3.8, 4) is 0 Å². The van der Waals surface area contributed by atoms with Gasteiger partial charge in [-0.2, -0.15) is 5.10 Å². The summed E-state index contributed by atoms with van der Waals surface area (Å²) < 4.78 is 8.58. The van der Waals surface area contributed by atoms with Crippen LogP contribution in [0.3, 0.4) is 0 Å². The first kappa shape index (κ1) is 13.2. The van der Waals surface area contributed by atoms with Crippen LogP contribution in [0.15, 0.2) is 13.7 Å². The Kier molecular flexibility index (Phi) is 4.79. The molecule has 84 valence electrons. The van der Waals surface area contributed by atoms with Gasteiger partial charge in [0, 0.05) is 0 Å². The maximum Gasteiger partial charge on any atom is 0.330 e. The highest BCUT2D eigenvalue weighted by Crippen LogP contribution is 2.32. The second-order valence-corrected chi connectivity index (χ2v) is 5.06. The number of hydrogen-bond acceptors (Lipinski definition) is 3. The number of aromatic nitrogens is 2. The molecule has 0 bridgehead atoms. The third kappa shape index (κ3) is 2.82. The average molecular weight is 405 g/mol. The van der Waals surface area contributed by atoms with Gasteiger partial charge in [0.1, 0.15) is 15.2 Å². The fourth-order valence-electron chi connectivity index (χ4n) is 0.987. The van der Waals surface area contributed by atoms with Gasteiger partial charge >= 0.3 is 5.97 Å². The molecular formula is C8H9Br3N2O2. The van der Waals surface area contributed by atoms with Gasteiger partial charge in [0.25, 0.3) is 0 Å². The molecule has 1 atom stereocenters. The van der Waals surface area contributed by atoms with E-state index in [9.17, 15) is 4.79 Å². The van der Waals surface area contributed by atoms with Gasteiger partial charge in [0.15, 0.2) is 0 Å². The fourth-order valence-corrected chi connectivity index (χ4v) is 2.45. The molecule has 0 aliphatic rings. The fraction of sp³-hybridized carbons (Fsp3) is 0.500. The number of ether oxygens (including phenoxy) is 1. The van der Waals surface area contributed by atoms with E-state index in [-0.39, 0.29) is 5.97 Å². The van der Waals surface area contributed by atoms with Crippen molar-refractivity contribution in [3.63, 3.8) is 0 Å². The van der Waals surface area contributed by atoms with Gasteiger partial charge < -0.3 is 4.74 Å². The van der Waals surface area contributed by atoms with E-state index in [2.05, 4.69) is 52.9 Å². The van der Waals surface area contributed by atoms with Crippen LogP contribution in [0, 0.1) is 0 Å². The van der Waals surface area contributed by atoms with Gasteiger partial charge in [-0.15, -0.1) is 0 Å². The molecule has 0 aromatic carbocycles. The van der Waals surface area contributed by atoms with Crippen molar-refractivity contribution in [2.24, 2.45) is 0 Å². The predicted molar refractivity (Wildman–Crippen MR) is 66.7 cm³/mol. The summed E-state index contributed by atoms with van der Waals surface area (Å²) in [6, 6.07) is -0.457. The van der Waals surface area contributed by atoms with Crippen molar-refractivity contribution >= 4 is 53.8 Å². The molecule has 7 heteroatoms. The Morgan fingerprint density at radius 2 is 2.13 bits per heavy atom. The summed E-state index contributed by atoms with van der Waals surface area (Å²) in [7, 11) is 0. The number of rotatable bonds is 3. The molecule has 0 aliphatic heterocycles. The molecule has 1 aromatic rings. The zero-order valence-corrected chi connectivity index (χ0v) is 12.9. The molecule has 0 unspecified atom stereocenters. The largest absolute Gasteiger partial charge is 0.464 e. The summed E-state index contributed by atoms with van der Waals surface area (Å²) in [5.74, 6) is -0.305. The summed E-state index contributed by atoms with van der Waals surface area (Å²) in [6.07, 6.45) is 0. The number of halogens is 3. The lowest BCUT2D eigenvalue weighted by Gasteiger charge is -2.11. The highest BCUT2D eigenvalue weighted by atomic mass is 79.9. The predicted octanol–water partition coefficient (Wildman–Crippen LogP) is 3.29. The minimum Gasteiger partial charge on any atom is -0.464 e. The molecule has 0 N–H and O–H groups in total. The van der Waals surface area contributed by atoms with Crippen LogP contribution in [0.2, 0.25) is 0 Å². The molecular weight excluding hydrogens is 396 g/mol. The molecule has 0 spiro atoms. The number of carbonyl (C=O) groups excluding carboxylic acids is 1. The van der Waals surface area contributed by atoms with E-state index in [0.717, 1.165) is 4.47 Å². The van der Waals surface area contributed by atoms with Crippen LogP contribution in [-0.4, -0.2) is 22.4 Å². The summed E-state index contributed by atoms with van der Waals surface area (Å²) in [5.41, 5.74) is 0. The first-order chi connectivity index (χ1) is 6.99. The Bertz CT molecular complexity index is 378. The molecule has 0 fully saturated rings. The van der Waals surface area contributed by atoms with E-state index < -0.39 is 6.04 Å². The summed E-state index contributed by atoms with van der Waals surface area (Å²) in [5, 5.41) is 4.15. The van der Waals surface area contributed by atoms with Gasteiger partial charge in [0.05, 0.1) is 11.1 Å². The molecule has 15 heavy (non-hydrogen) atoms.